The summed E-state index contributed by atoms with van der Waals surface area (Å²) in [4.78, 5) is 12.7. The Kier molecular flexibility index (Phi) is 9.12. The summed E-state index contributed by atoms with van der Waals surface area (Å²) in [5.41, 5.74) is 11.2. The Morgan fingerprint density at radius 2 is 1.70 bits per heavy atom. The number of benzene rings is 3. The SMILES string of the molecule is CCCc1nc2c(C)cc(-c3nc(CC(C)C)c(C)n3CCN(C)C)cc2n1Cc1ccc(-c2ccccc2)c(-c2nn[nH]n2)c1. The maximum atomic E-state index is 5.27. The van der Waals surface area contributed by atoms with Gasteiger partial charge in [0.05, 0.1) is 16.7 Å². The summed E-state index contributed by atoms with van der Waals surface area (Å²) >= 11 is 0. The molecule has 0 radical (unpaired) electrons. The lowest BCUT2D eigenvalue weighted by Crippen LogP contribution is -2.19. The van der Waals surface area contributed by atoms with Crippen LogP contribution in [0.3, 0.4) is 0 Å². The number of nitrogens with one attached hydrogen (secondary N) is 1. The van der Waals surface area contributed by atoms with Gasteiger partial charge in [-0.3, -0.25) is 0 Å². The molecule has 0 fully saturated rings. The fourth-order valence-corrected chi connectivity index (χ4v) is 6.32. The van der Waals surface area contributed by atoms with Crippen LogP contribution in [0.5, 0.6) is 0 Å². The Bertz CT molecular complexity index is 1930. The second-order valence-electron chi connectivity index (χ2n) is 13.0. The van der Waals surface area contributed by atoms with Gasteiger partial charge in [0.2, 0.25) is 5.82 Å². The van der Waals surface area contributed by atoms with E-state index in [9.17, 15) is 0 Å². The maximum Gasteiger partial charge on any atom is 0.205 e. The minimum Gasteiger partial charge on any atom is -0.327 e. The molecule has 0 amide bonds. The van der Waals surface area contributed by atoms with Gasteiger partial charge in [0.1, 0.15) is 11.6 Å². The lowest BCUT2D eigenvalue weighted by molar-refractivity contribution is 0.383. The lowest BCUT2D eigenvalue weighted by atomic mass is 9.97. The van der Waals surface area contributed by atoms with Crippen LogP contribution in [0.25, 0.3) is 44.9 Å². The Morgan fingerprint density at radius 1 is 0.891 bits per heavy atom. The molecule has 3 aromatic carbocycles. The molecule has 0 aliphatic heterocycles. The van der Waals surface area contributed by atoms with Crippen molar-refractivity contribution in [2.24, 2.45) is 5.92 Å². The van der Waals surface area contributed by atoms with Crippen LogP contribution < -0.4 is 0 Å². The fourth-order valence-electron chi connectivity index (χ4n) is 6.32. The van der Waals surface area contributed by atoms with Gasteiger partial charge in [-0.15, -0.1) is 10.2 Å². The van der Waals surface area contributed by atoms with Crippen LogP contribution in [0.1, 0.15) is 55.5 Å². The molecule has 0 unspecified atom stereocenters. The number of aryl methyl sites for hydroxylation is 2. The Labute approximate surface area is 271 Å². The molecule has 3 heterocycles. The molecule has 46 heavy (non-hydrogen) atoms. The number of hydrogen-bond donors (Lipinski definition) is 1. The monoisotopic (exact) mass is 615 g/mol. The zero-order chi connectivity index (χ0) is 32.4. The van der Waals surface area contributed by atoms with E-state index in [1.807, 2.05) is 6.07 Å². The van der Waals surface area contributed by atoms with Crippen LogP contribution >= 0.6 is 0 Å². The van der Waals surface area contributed by atoms with Crippen LogP contribution in [0.4, 0.5) is 0 Å². The van der Waals surface area contributed by atoms with E-state index in [1.165, 1.54) is 17.0 Å². The first-order chi connectivity index (χ1) is 22.2. The summed E-state index contributed by atoms with van der Waals surface area (Å²) in [7, 11) is 4.25. The highest BCUT2D eigenvalue weighted by Crippen LogP contribution is 2.33. The molecule has 0 saturated carbocycles. The first-order valence-corrected chi connectivity index (χ1v) is 16.4. The van der Waals surface area contributed by atoms with E-state index >= 15 is 0 Å². The van der Waals surface area contributed by atoms with Gasteiger partial charge < -0.3 is 14.0 Å². The molecule has 6 aromatic rings. The number of fused-ring (bicyclic) bond motifs is 1. The average Bonchev–Trinajstić information content (AvgIpc) is 3.76. The van der Waals surface area contributed by atoms with Crippen LogP contribution in [-0.4, -0.2) is 65.3 Å². The summed E-state index contributed by atoms with van der Waals surface area (Å²) in [6.07, 6.45) is 2.89. The topological polar surface area (TPSA) is 93.3 Å². The smallest absolute Gasteiger partial charge is 0.205 e. The molecule has 3 aromatic heterocycles. The first kappa shape index (κ1) is 31.4. The third-order valence-electron chi connectivity index (χ3n) is 8.64. The normalized spacial score (nSPS) is 11.8. The van der Waals surface area contributed by atoms with E-state index in [4.69, 9.17) is 9.97 Å². The molecule has 1 N–H and O–H groups in total. The van der Waals surface area contributed by atoms with Crippen molar-refractivity contribution in [1.82, 2.24) is 44.6 Å². The highest BCUT2D eigenvalue weighted by Gasteiger charge is 2.21. The fraction of sp³-hybridized carbons (Fsp3) is 0.378. The number of H-pyrrole nitrogens is 1. The quantitative estimate of drug-likeness (QED) is 0.158. The Hall–Kier alpha value is -4.63. The second-order valence-corrected chi connectivity index (χ2v) is 13.0. The number of hydrogen-bond acceptors (Lipinski definition) is 6. The van der Waals surface area contributed by atoms with Gasteiger partial charge in [-0.25, -0.2) is 9.97 Å². The molecule has 6 rings (SSSR count). The summed E-state index contributed by atoms with van der Waals surface area (Å²) in [5.74, 6) is 3.26. The van der Waals surface area contributed by atoms with Crippen molar-refractivity contribution in [1.29, 1.82) is 0 Å². The van der Waals surface area contributed by atoms with Gasteiger partial charge in [-0.2, -0.15) is 5.21 Å². The van der Waals surface area contributed by atoms with Gasteiger partial charge in [0, 0.05) is 42.9 Å². The third kappa shape index (κ3) is 6.37. The summed E-state index contributed by atoms with van der Waals surface area (Å²) < 4.78 is 4.80. The molecule has 0 aliphatic carbocycles. The molecular formula is C37H45N9. The number of aromatic amines is 1. The molecule has 9 nitrogen and oxygen atoms in total. The number of nitrogens with zero attached hydrogens (tertiary/aromatic N) is 8. The number of likely N-dealkylation sites (N-methyl/N-ethyl adjacent to an activating group) is 1. The van der Waals surface area contributed by atoms with Crippen molar-refractivity contribution in [3.05, 3.63) is 89.0 Å². The van der Waals surface area contributed by atoms with E-state index < -0.39 is 0 Å². The van der Waals surface area contributed by atoms with Crippen LogP contribution in [-0.2, 0) is 25.9 Å². The van der Waals surface area contributed by atoms with E-state index in [-0.39, 0.29) is 0 Å². The largest absolute Gasteiger partial charge is 0.327 e. The Morgan fingerprint density at radius 3 is 2.39 bits per heavy atom. The summed E-state index contributed by atoms with van der Waals surface area (Å²) in [6, 6.07) is 21.5. The lowest BCUT2D eigenvalue weighted by Gasteiger charge is -2.15. The van der Waals surface area contributed by atoms with Crippen molar-refractivity contribution in [3.8, 4) is 33.9 Å². The predicted molar refractivity (Wildman–Crippen MR) is 186 cm³/mol. The molecule has 0 aliphatic rings. The van der Waals surface area contributed by atoms with Crippen LogP contribution in [0.15, 0.2) is 60.7 Å². The average molecular weight is 616 g/mol. The number of rotatable bonds is 12. The summed E-state index contributed by atoms with van der Waals surface area (Å²) in [6.45, 7) is 13.7. The van der Waals surface area contributed by atoms with E-state index in [2.05, 4.69) is 138 Å². The van der Waals surface area contributed by atoms with Crippen molar-refractivity contribution >= 4 is 11.0 Å². The van der Waals surface area contributed by atoms with E-state index in [1.54, 1.807) is 0 Å². The van der Waals surface area contributed by atoms with Crippen molar-refractivity contribution in [2.75, 3.05) is 20.6 Å². The predicted octanol–water partition coefficient (Wildman–Crippen LogP) is 7.12. The van der Waals surface area contributed by atoms with Crippen LogP contribution in [0, 0.1) is 19.8 Å². The number of tetrazole rings is 1. The van der Waals surface area contributed by atoms with Crippen molar-refractivity contribution in [2.45, 2.75) is 67.0 Å². The maximum absolute atomic E-state index is 5.27. The van der Waals surface area contributed by atoms with Gasteiger partial charge in [0.25, 0.3) is 0 Å². The summed E-state index contributed by atoms with van der Waals surface area (Å²) in [5, 5.41) is 15.2. The van der Waals surface area contributed by atoms with Gasteiger partial charge in [0.15, 0.2) is 0 Å². The second kappa shape index (κ2) is 13.4. The molecule has 0 bridgehead atoms. The highest BCUT2D eigenvalue weighted by molar-refractivity contribution is 5.85. The zero-order valence-electron chi connectivity index (χ0n) is 28.2. The molecule has 0 saturated heterocycles. The molecule has 9 heteroatoms. The first-order valence-electron chi connectivity index (χ1n) is 16.4. The van der Waals surface area contributed by atoms with Gasteiger partial charge in [-0.05, 0) is 92.4 Å². The standard InChI is InChI=1S/C37H45N9/c1-8-12-34-39-35-25(4)20-29(37-38-32(19-24(2)3)26(5)45(37)18-17-44(6)7)22-33(35)46(34)23-27-15-16-30(28-13-10-9-11-14-28)31(21-27)36-40-42-43-41-36/h9-11,13-16,20-22,24H,8,12,17-19,23H2,1-7H3,(H,40,41,42,43). The molecule has 238 valence electrons. The minimum atomic E-state index is 0.539. The van der Waals surface area contributed by atoms with Crippen LogP contribution in [0.2, 0.25) is 0 Å². The van der Waals surface area contributed by atoms with Crippen molar-refractivity contribution < 1.29 is 0 Å². The van der Waals surface area contributed by atoms with Crippen molar-refractivity contribution in [3.63, 3.8) is 0 Å². The van der Waals surface area contributed by atoms with E-state index in [0.717, 1.165) is 82.9 Å². The molecule has 0 atom stereocenters. The zero-order valence-corrected chi connectivity index (χ0v) is 28.2. The number of imidazole rings is 2. The molecule has 0 spiro atoms. The van der Waals surface area contributed by atoms with E-state index in [0.29, 0.717) is 18.3 Å². The van der Waals surface area contributed by atoms with Gasteiger partial charge >= 0.3 is 0 Å². The molecular weight excluding hydrogens is 570 g/mol. The third-order valence-corrected chi connectivity index (χ3v) is 8.64. The number of aromatic nitrogens is 8. The van der Waals surface area contributed by atoms with Gasteiger partial charge in [-0.1, -0.05) is 63.2 Å². The Balaban J connectivity index is 1.47. The minimum absolute atomic E-state index is 0.539. The highest BCUT2D eigenvalue weighted by atomic mass is 15.5.